The van der Waals surface area contributed by atoms with E-state index in [9.17, 15) is 34.8 Å². The standard InChI is InChI=1S/C41H74O11/c1-3-5-7-9-11-13-15-16-17-18-19-20-22-23-25-27-29-34(42)49-31-33(32-50-41-38(46)36(44)37(45)39(52-41)40(47)48)51-35(43)30-28-26-24-21-14-12-10-8-6-4-2/h17-18,33,36-39,41,44-46H,3-16,19-32H2,1-2H3,(H,47,48)/b18-17-. The van der Waals surface area contributed by atoms with Gasteiger partial charge in [0.25, 0.3) is 0 Å². The van der Waals surface area contributed by atoms with Crippen molar-refractivity contribution in [3.05, 3.63) is 12.2 Å². The number of aliphatic hydroxyl groups is 3. The maximum absolute atomic E-state index is 12.7. The molecule has 1 aliphatic rings. The van der Waals surface area contributed by atoms with Crippen LogP contribution in [0.5, 0.6) is 0 Å². The first-order valence-electron chi connectivity index (χ1n) is 20.7. The summed E-state index contributed by atoms with van der Waals surface area (Å²) in [6.45, 7) is 3.78. The molecule has 304 valence electrons. The average Bonchev–Trinajstić information content (AvgIpc) is 3.12. The van der Waals surface area contributed by atoms with E-state index in [0.29, 0.717) is 12.8 Å². The van der Waals surface area contributed by atoms with Crippen LogP contribution in [-0.2, 0) is 33.3 Å². The molecule has 6 unspecified atom stereocenters. The molecule has 1 rings (SSSR count). The normalized spacial score (nSPS) is 21.0. The first-order valence-corrected chi connectivity index (χ1v) is 20.7. The van der Waals surface area contributed by atoms with Crippen molar-refractivity contribution in [3.63, 3.8) is 0 Å². The van der Waals surface area contributed by atoms with Gasteiger partial charge in [-0.1, -0.05) is 142 Å². The largest absolute Gasteiger partial charge is 0.479 e. The van der Waals surface area contributed by atoms with Crippen LogP contribution in [0.1, 0.15) is 181 Å². The van der Waals surface area contributed by atoms with Gasteiger partial charge in [-0.3, -0.25) is 9.59 Å². The summed E-state index contributed by atoms with van der Waals surface area (Å²) in [7, 11) is 0. The van der Waals surface area contributed by atoms with Gasteiger partial charge in [0.15, 0.2) is 18.5 Å². The second kappa shape index (κ2) is 32.4. The number of hydrogen-bond donors (Lipinski definition) is 4. The van der Waals surface area contributed by atoms with Crippen LogP contribution in [-0.4, -0.2) is 88.4 Å². The number of rotatable bonds is 34. The second-order valence-corrected chi connectivity index (χ2v) is 14.5. The van der Waals surface area contributed by atoms with Crippen molar-refractivity contribution in [2.45, 2.75) is 218 Å². The number of esters is 2. The van der Waals surface area contributed by atoms with Crippen molar-refractivity contribution in [3.8, 4) is 0 Å². The molecular weight excluding hydrogens is 668 g/mol. The quantitative estimate of drug-likeness (QED) is 0.0286. The predicted molar refractivity (Wildman–Crippen MR) is 202 cm³/mol. The van der Waals surface area contributed by atoms with Crippen molar-refractivity contribution in [2.24, 2.45) is 0 Å². The smallest absolute Gasteiger partial charge is 0.335 e. The number of carboxylic acids is 1. The van der Waals surface area contributed by atoms with Gasteiger partial charge < -0.3 is 39.4 Å². The van der Waals surface area contributed by atoms with Gasteiger partial charge in [0.05, 0.1) is 6.61 Å². The highest BCUT2D eigenvalue weighted by Gasteiger charge is 2.47. The van der Waals surface area contributed by atoms with Crippen LogP contribution < -0.4 is 0 Å². The van der Waals surface area contributed by atoms with Crippen molar-refractivity contribution >= 4 is 17.9 Å². The molecule has 1 aliphatic heterocycles. The van der Waals surface area contributed by atoms with E-state index in [4.69, 9.17) is 18.9 Å². The Labute approximate surface area is 314 Å². The molecule has 0 radical (unpaired) electrons. The number of carbonyl (C=O) groups is 3. The summed E-state index contributed by atoms with van der Waals surface area (Å²) in [6, 6.07) is 0. The molecule has 6 atom stereocenters. The Balaban J connectivity index is 2.39. The van der Waals surface area contributed by atoms with Gasteiger partial charge in [0, 0.05) is 12.8 Å². The number of aliphatic hydroxyl groups excluding tert-OH is 3. The highest BCUT2D eigenvalue weighted by Crippen LogP contribution is 2.23. The fourth-order valence-electron chi connectivity index (χ4n) is 6.28. The molecular formula is C41H74O11. The van der Waals surface area contributed by atoms with Crippen molar-refractivity contribution < 1.29 is 53.8 Å². The van der Waals surface area contributed by atoms with Crippen LogP contribution in [0, 0.1) is 0 Å². The van der Waals surface area contributed by atoms with Gasteiger partial charge in [0.1, 0.15) is 24.9 Å². The minimum atomic E-state index is -1.86. The lowest BCUT2D eigenvalue weighted by molar-refractivity contribution is -0.298. The first kappa shape index (κ1) is 48.0. The van der Waals surface area contributed by atoms with Gasteiger partial charge in [-0.05, 0) is 38.5 Å². The third-order valence-electron chi connectivity index (χ3n) is 9.61. The maximum atomic E-state index is 12.7. The maximum Gasteiger partial charge on any atom is 0.335 e. The molecule has 0 bridgehead atoms. The summed E-state index contributed by atoms with van der Waals surface area (Å²) in [5.74, 6) is -2.45. The number of carboxylic acid groups (broad SMARTS) is 1. The summed E-state index contributed by atoms with van der Waals surface area (Å²) in [4.78, 5) is 36.6. The summed E-state index contributed by atoms with van der Waals surface area (Å²) in [5, 5.41) is 39.7. The molecule has 11 nitrogen and oxygen atoms in total. The summed E-state index contributed by atoms with van der Waals surface area (Å²) in [6.07, 6.45) is 22.8. The van der Waals surface area contributed by atoms with Crippen LogP contribution in [0.25, 0.3) is 0 Å². The topological polar surface area (TPSA) is 169 Å². The Morgan fingerprint density at radius 1 is 0.577 bits per heavy atom. The summed E-state index contributed by atoms with van der Waals surface area (Å²) >= 11 is 0. The summed E-state index contributed by atoms with van der Waals surface area (Å²) in [5.41, 5.74) is 0. The number of ether oxygens (including phenoxy) is 4. The van der Waals surface area contributed by atoms with E-state index in [2.05, 4.69) is 26.0 Å². The SMILES string of the molecule is CCCCCCCCC/C=C\CCCCCCCC(=O)OCC(COC1OC(C(=O)O)C(O)C(O)C1O)OC(=O)CCCCCCCCCCCC. The Kier molecular flexibility index (Phi) is 29.9. The Hall–Kier alpha value is -2.05. The molecule has 0 aromatic heterocycles. The summed E-state index contributed by atoms with van der Waals surface area (Å²) < 4.78 is 21.6. The highest BCUT2D eigenvalue weighted by atomic mass is 16.7. The molecule has 0 saturated carbocycles. The van der Waals surface area contributed by atoms with Gasteiger partial charge in [-0.15, -0.1) is 0 Å². The van der Waals surface area contributed by atoms with Crippen LogP contribution >= 0.6 is 0 Å². The van der Waals surface area contributed by atoms with E-state index in [1.165, 1.54) is 83.5 Å². The third kappa shape index (κ3) is 24.3. The molecule has 1 fully saturated rings. The zero-order valence-corrected chi connectivity index (χ0v) is 32.6. The molecule has 11 heteroatoms. The number of allylic oxidation sites excluding steroid dienone is 2. The number of carbonyl (C=O) groups excluding carboxylic acids is 2. The minimum absolute atomic E-state index is 0.185. The molecule has 0 spiro atoms. The van der Waals surface area contributed by atoms with Crippen LogP contribution in [0.4, 0.5) is 0 Å². The molecule has 4 N–H and O–H groups in total. The van der Waals surface area contributed by atoms with Crippen molar-refractivity contribution in [1.29, 1.82) is 0 Å². The number of aliphatic carboxylic acids is 1. The average molecular weight is 743 g/mol. The van der Waals surface area contributed by atoms with E-state index < -0.39 is 54.7 Å². The Morgan fingerprint density at radius 3 is 1.50 bits per heavy atom. The fraction of sp³-hybridized carbons (Fsp3) is 0.878. The Bertz CT molecular complexity index is 926. The van der Waals surface area contributed by atoms with Crippen LogP contribution in [0.2, 0.25) is 0 Å². The van der Waals surface area contributed by atoms with E-state index >= 15 is 0 Å². The zero-order valence-electron chi connectivity index (χ0n) is 32.6. The van der Waals surface area contributed by atoms with Crippen molar-refractivity contribution in [1.82, 2.24) is 0 Å². The lowest BCUT2D eigenvalue weighted by Gasteiger charge is -2.38. The number of unbranched alkanes of at least 4 members (excludes halogenated alkanes) is 21. The minimum Gasteiger partial charge on any atom is -0.479 e. The third-order valence-corrected chi connectivity index (χ3v) is 9.61. The second-order valence-electron chi connectivity index (χ2n) is 14.5. The lowest BCUT2D eigenvalue weighted by atomic mass is 9.99. The molecule has 52 heavy (non-hydrogen) atoms. The number of hydrogen-bond acceptors (Lipinski definition) is 10. The highest BCUT2D eigenvalue weighted by molar-refractivity contribution is 5.73. The fourth-order valence-corrected chi connectivity index (χ4v) is 6.28. The van der Waals surface area contributed by atoms with E-state index in [-0.39, 0.29) is 26.1 Å². The van der Waals surface area contributed by atoms with E-state index in [1.54, 1.807) is 0 Å². The van der Waals surface area contributed by atoms with Gasteiger partial charge in [-0.25, -0.2) is 4.79 Å². The molecule has 0 aromatic rings. The molecule has 1 saturated heterocycles. The predicted octanol–water partition coefficient (Wildman–Crippen LogP) is 8.09. The molecule has 1 heterocycles. The molecule has 0 aromatic carbocycles. The Morgan fingerprint density at radius 2 is 1.02 bits per heavy atom. The van der Waals surface area contributed by atoms with Crippen molar-refractivity contribution in [2.75, 3.05) is 13.2 Å². The van der Waals surface area contributed by atoms with Crippen LogP contribution in [0.3, 0.4) is 0 Å². The monoisotopic (exact) mass is 743 g/mol. The first-order chi connectivity index (χ1) is 25.2. The van der Waals surface area contributed by atoms with E-state index in [0.717, 1.165) is 57.8 Å². The van der Waals surface area contributed by atoms with Crippen LogP contribution in [0.15, 0.2) is 12.2 Å². The molecule has 0 amide bonds. The van der Waals surface area contributed by atoms with Gasteiger partial charge in [-0.2, -0.15) is 0 Å². The van der Waals surface area contributed by atoms with E-state index in [1.807, 2.05) is 0 Å². The van der Waals surface area contributed by atoms with Gasteiger partial charge in [0.2, 0.25) is 0 Å². The zero-order chi connectivity index (χ0) is 38.2. The lowest BCUT2D eigenvalue weighted by Crippen LogP contribution is -2.60. The molecule has 0 aliphatic carbocycles. The van der Waals surface area contributed by atoms with Gasteiger partial charge >= 0.3 is 17.9 Å².